The van der Waals surface area contributed by atoms with Crippen LogP contribution in [0.25, 0.3) is 0 Å². The molecule has 3 rings (SSSR count). The second-order valence-electron chi connectivity index (χ2n) is 6.06. The minimum atomic E-state index is 0.269. The molecule has 1 spiro atoms. The topological polar surface area (TPSA) is 21.3 Å². The first kappa shape index (κ1) is 15.7. The van der Waals surface area contributed by atoms with Gasteiger partial charge in [0.15, 0.2) is 0 Å². The molecule has 0 radical (unpaired) electrons. The molecule has 21 heavy (non-hydrogen) atoms. The maximum Gasteiger partial charge on any atom is 0.0670 e. The van der Waals surface area contributed by atoms with E-state index in [1.807, 2.05) is 6.07 Å². The van der Waals surface area contributed by atoms with Crippen molar-refractivity contribution in [2.75, 3.05) is 11.9 Å². The van der Waals surface area contributed by atoms with Crippen LogP contribution in [0.1, 0.15) is 39.0 Å². The summed E-state index contributed by atoms with van der Waals surface area (Å²) in [7, 11) is 0. The highest BCUT2D eigenvalue weighted by Crippen LogP contribution is 2.56. The fourth-order valence-corrected chi connectivity index (χ4v) is 4.51. The van der Waals surface area contributed by atoms with E-state index in [2.05, 4.69) is 12.2 Å². The summed E-state index contributed by atoms with van der Waals surface area (Å²) in [6.07, 6.45) is 6.45. The van der Waals surface area contributed by atoms with Crippen LogP contribution in [-0.2, 0) is 4.74 Å². The largest absolute Gasteiger partial charge is 0.380 e. The van der Waals surface area contributed by atoms with E-state index in [-0.39, 0.29) is 5.41 Å². The highest BCUT2D eigenvalue weighted by molar-refractivity contribution is 6.44. The Morgan fingerprint density at radius 1 is 1.14 bits per heavy atom. The van der Waals surface area contributed by atoms with Crippen molar-refractivity contribution in [2.24, 2.45) is 5.41 Å². The molecule has 0 saturated heterocycles. The van der Waals surface area contributed by atoms with E-state index in [9.17, 15) is 0 Å². The molecule has 1 N–H and O–H groups in total. The predicted molar refractivity (Wildman–Crippen MR) is 89.8 cm³/mol. The van der Waals surface area contributed by atoms with Gasteiger partial charge < -0.3 is 10.1 Å². The van der Waals surface area contributed by atoms with E-state index < -0.39 is 0 Å². The molecular weight excluding hydrogens is 329 g/mol. The SMILES string of the molecule is CCOC1CC(Nc2cc(Cl)c(Cl)cc2Cl)C12CCCC2. The molecule has 2 atom stereocenters. The Bertz CT molecular complexity index is 528. The lowest BCUT2D eigenvalue weighted by Crippen LogP contribution is -2.60. The Kier molecular flexibility index (Phi) is 4.61. The lowest BCUT2D eigenvalue weighted by atomic mass is 9.60. The Morgan fingerprint density at radius 2 is 1.81 bits per heavy atom. The highest BCUT2D eigenvalue weighted by atomic mass is 35.5. The molecular formula is C16H20Cl3NO. The number of rotatable bonds is 4. The average Bonchev–Trinajstić information content (AvgIpc) is 2.95. The van der Waals surface area contributed by atoms with Gasteiger partial charge in [-0.25, -0.2) is 0 Å². The van der Waals surface area contributed by atoms with Gasteiger partial charge in [0.05, 0.1) is 26.9 Å². The minimum absolute atomic E-state index is 0.269. The summed E-state index contributed by atoms with van der Waals surface area (Å²) >= 11 is 18.4. The molecule has 0 aromatic heterocycles. The third-order valence-electron chi connectivity index (χ3n) is 5.03. The van der Waals surface area contributed by atoms with Gasteiger partial charge >= 0.3 is 0 Å². The number of anilines is 1. The molecule has 2 aliphatic rings. The number of ether oxygens (including phenoxy) is 1. The molecule has 0 bridgehead atoms. The molecule has 2 unspecified atom stereocenters. The Balaban J connectivity index is 1.78. The van der Waals surface area contributed by atoms with Crippen LogP contribution >= 0.6 is 34.8 Å². The lowest BCUT2D eigenvalue weighted by Gasteiger charge is -2.54. The van der Waals surface area contributed by atoms with Crippen LogP contribution in [0, 0.1) is 5.41 Å². The lowest BCUT2D eigenvalue weighted by molar-refractivity contribution is -0.114. The van der Waals surface area contributed by atoms with Crippen molar-refractivity contribution < 1.29 is 4.74 Å². The van der Waals surface area contributed by atoms with Crippen LogP contribution < -0.4 is 5.32 Å². The van der Waals surface area contributed by atoms with Crippen LogP contribution in [0.4, 0.5) is 5.69 Å². The van der Waals surface area contributed by atoms with Gasteiger partial charge in [0.25, 0.3) is 0 Å². The van der Waals surface area contributed by atoms with E-state index in [0.717, 1.165) is 18.7 Å². The number of benzene rings is 1. The number of nitrogens with one attached hydrogen (secondary N) is 1. The smallest absolute Gasteiger partial charge is 0.0670 e. The van der Waals surface area contributed by atoms with Gasteiger partial charge in [-0.2, -0.15) is 0 Å². The zero-order chi connectivity index (χ0) is 15.0. The van der Waals surface area contributed by atoms with Crippen LogP contribution in [0.5, 0.6) is 0 Å². The van der Waals surface area contributed by atoms with Gasteiger partial charge in [0, 0.05) is 18.1 Å². The normalized spacial score (nSPS) is 26.9. The summed E-state index contributed by atoms with van der Waals surface area (Å²) in [5, 5.41) is 5.23. The van der Waals surface area contributed by atoms with Crippen molar-refractivity contribution in [3.8, 4) is 0 Å². The summed E-state index contributed by atoms with van der Waals surface area (Å²) in [5.74, 6) is 0. The first-order valence-corrected chi connectivity index (χ1v) is 8.73. The minimum Gasteiger partial charge on any atom is -0.380 e. The number of hydrogen-bond donors (Lipinski definition) is 1. The van der Waals surface area contributed by atoms with Crippen LogP contribution in [0.2, 0.25) is 15.1 Å². The summed E-state index contributed by atoms with van der Waals surface area (Å²) < 4.78 is 5.94. The second-order valence-corrected chi connectivity index (χ2v) is 7.28. The molecule has 1 aromatic carbocycles. The molecule has 2 aliphatic carbocycles. The van der Waals surface area contributed by atoms with Crippen molar-refractivity contribution in [2.45, 2.75) is 51.2 Å². The first-order valence-electron chi connectivity index (χ1n) is 7.59. The zero-order valence-electron chi connectivity index (χ0n) is 12.1. The quantitative estimate of drug-likeness (QED) is 0.695. The summed E-state index contributed by atoms with van der Waals surface area (Å²) in [6.45, 7) is 2.85. The summed E-state index contributed by atoms with van der Waals surface area (Å²) in [4.78, 5) is 0. The van der Waals surface area contributed by atoms with Gasteiger partial charge in [-0.15, -0.1) is 0 Å². The standard InChI is InChI=1S/C16H20Cl3NO/c1-2-21-15-9-14(16(15)5-3-4-6-16)20-13-8-11(18)10(17)7-12(13)19/h7-8,14-15,20H,2-6,9H2,1H3. The molecule has 116 valence electrons. The maximum atomic E-state index is 6.28. The van der Waals surface area contributed by atoms with Crippen molar-refractivity contribution >= 4 is 40.5 Å². The molecule has 0 amide bonds. The van der Waals surface area contributed by atoms with Crippen molar-refractivity contribution in [3.63, 3.8) is 0 Å². The third-order valence-corrected chi connectivity index (χ3v) is 6.06. The fraction of sp³-hybridized carbons (Fsp3) is 0.625. The van der Waals surface area contributed by atoms with Gasteiger partial charge in [-0.1, -0.05) is 47.6 Å². The van der Waals surface area contributed by atoms with Gasteiger partial charge in [-0.3, -0.25) is 0 Å². The molecule has 5 heteroatoms. The van der Waals surface area contributed by atoms with Crippen LogP contribution in [0.3, 0.4) is 0 Å². The van der Waals surface area contributed by atoms with Gasteiger partial charge in [-0.05, 0) is 38.3 Å². The summed E-state index contributed by atoms with van der Waals surface area (Å²) in [6, 6.07) is 3.93. The van der Waals surface area contributed by atoms with E-state index >= 15 is 0 Å². The van der Waals surface area contributed by atoms with E-state index in [4.69, 9.17) is 39.5 Å². The molecule has 2 saturated carbocycles. The Labute approximate surface area is 141 Å². The van der Waals surface area contributed by atoms with E-state index in [1.165, 1.54) is 25.7 Å². The van der Waals surface area contributed by atoms with E-state index in [1.54, 1.807) is 6.07 Å². The Hall–Kier alpha value is -0.150. The van der Waals surface area contributed by atoms with Gasteiger partial charge in [0.1, 0.15) is 0 Å². The van der Waals surface area contributed by atoms with Crippen LogP contribution in [-0.4, -0.2) is 18.8 Å². The van der Waals surface area contributed by atoms with E-state index in [0.29, 0.717) is 27.2 Å². The fourth-order valence-electron chi connectivity index (χ4n) is 3.91. The molecule has 2 fully saturated rings. The average molecular weight is 349 g/mol. The zero-order valence-corrected chi connectivity index (χ0v) is 14.4. The van der Waals surface area contributed by atoms with Crippen molar-refractivity contribution in [1.29, 1.82) is 0 Å². The molecule has 0 aliphatic heterocycles. The Morgan fingerprint density at radius 3 is 2.48 bits per heavy atom. The number of hydrogen-bond acceptors (Lipinski definition) is 2. The molecule has 1 aromatic rings. The van der Waals surface area contributed by atoms with Crippen molar-refractivity contribution in [1.82, 2.24) is 0 Å². The molecule has 2 nitrogen and oxygen atoms in total. The number of halogens is 3. The van der Waals surface area contributed by atoms with Crippen molar-refractivity contribution in [3.05, 3.63) is 27.2 Å². The maximum absolute atomic E-state index is 6.28. The third kappa shape index (κ3) is 2.76. The monoisotopic (exact) mass is 347 g/mol. The second kappa shape index (κ2) is 6.16. The van der Waals surface area contributed by atoms with Gasteiger partial charge in [0.2, 0.25) is 0 Å². The summed E-state index contributed by atoms with van der Waals surface area (Å²) in [5.41, 5.74) is 1.14. The van der Waals surface area contributed by atoms with Crippen LogP contribution in [0.15, 0.2) is 12.1 Å². The highest BCUT2D eigenvalue weighted by Gasteiger charge is 2.56. The molecule has 0 heterocycles. The first-order chi connectivity index (χ1) is 10.1. The predicted octanol–water partition coefficient (Wildman–Crippen LogP) is 5.80.